The van der Waals surface area contributed by atoms with E-state index >= 15 is 0 Å². The Balaban J connectivity index is 1.13. The van der Waals surface area contributed by atoms with Gasteiger partial charge in [0.25, 0.3) is 0 Å². The standard InChI is InChI=1S/C46H27N5OS/c1-3-13-28(14-4-1)43-48-44(33-19-12-23-38-41(33)32-17-7-9-22-37(32)51(38)30-15-5-2-6-16-30)50-45(49-43)34-20-11-18-31-35-27-29(25-26-40(35)53-42(31)34)46-47-36-21-8-10-24-39(36)52-46/h1-27H. The summed E-state index contributed by atoms with van der Waals surface area (Å²) in [6.07, 6.45) is 0. The van der Waals surface area contributed by atoms with E-state index in [1.807, 2.05) is 48.5 Å². The van der Waals surface area contributed by atoms with Gasteiger partial charge in [0.1, 0.15) is 5.52 Å². The van der Waals surface area contributed by atoms with Gasteiger partial charge in [0.2, 0.25) is 5.89 Å². The summed E-state index contributed by atoms with van der Waals surface area (Å²) in [6.45, 7) is 0. The lowest BCUT2D eigenvalue weighted by atomic mass is 10.0. The van der Waals surface area contributed by atoms with Gasteiger partial charge in [0.05, 0.1) is 11.0 Å². The van der Waals surface area contributed by atoms with Gasteiger partial charge < -0.3 is 8.98 Å². The minimum absolute atomic E-state index is 0.612. The van der Waals surface area contributed by atoms with Gasteiger partial charge in [-0.1, -0.05) is 103 Å². The van der Waals surface area contributed by atoms with Crippen LogP contribution in [-0.4, -0.2) is 24.5 Å². The highest BCUT2D eigenvalue weighted by Crippen LogP contribution is 2.42. The lowest BCUT2D eigenvalue weighted by Crippen LogP contribution is -2.00. The number of hydrogen-bond acceptors (Lipinski definition) is 6. The normalized spacial score (nSPS) is 11.8. The van der Waals surface area contributed by atoms with Gasteiger partial charge in [-0.2, -0.15) is 0 Å². The molecular weight excluding hydrogens is 671 g/mol. The number of aromatic nitrogens is 5. The third kappa shape index (κ3) is 4.79. The first-order valence-corrected chi connectivity index (χ1v) is 18.3. The number of para-hydroxylation sites is 4. The molecule has 0 aliphatic carbocycles. The highest BCUT2D eigenvalue weighted by atomic mass is 32.1. The zero-order valence-electron chi connectivity index (χ0n) is 28.1. The molecule has 7 aromatic carbocycles. The molecule has 0 aliphatic heterocycles. The Labute approximate surface area is 307 Å². The van der Waals surface area contributed by atoms with Crippen LogP contribution in [0.25, 0.3) is 104 Å². The van der Waals surface area contributed by atoms with E-state index in [0.717, 1.165) is 76.3 Å². The minimum atomic E-state index is 0.612. The van der Waals surface area contributed by atoms with Gasteiger partial charge in [-0.3, -0.25) is 0 Å². The number of oxazole rings is 1. The molecule has 0 unspecified atom stereocenters. The smallest absolute Gasteiger partial charge is 0.227 e. The first kappa shape index (κ1) is 29.7. The molecule has 11 aromatic rings. The molecule has 0 radical (unpaired) electrons. The summed E-state index contributed by atoms with van der Waals surface area (Å²) in [4.78, 5) is 20.4. The van der Waals surface area contributed by atoms with E-state index < -0.39 is 0 Å². The molecule has 0 amide bonds. The Morgan fingerprint density at radius 3 is 2.02 bits per heavy atom. The van der Waals surface area contributed by atoms with Crippen LogP contribution in [0.3, 0.4) is 0 Å². The summed E-state index contributed by atoms with van der Waals surface area (Å²) in [7, 11) is 0. The Morgan fingerprint density at radius 2 is 1.15 bits per heavy atom. The zero-order valence-corrected chi connectivity index (χ0v) is 29.0. The zero-order chi connectivity index (χ0) is 34.9. The van der Waals surface area contributed by atoms with Crippen LogP contribution in [-0.2, 0) is 0 Å². The van der Waals surface area contributed by atoms with Gasteiger partial charge in [-0.15, -0.1) is 11.3 Å². The van der Waals surface area contributed by atoms with Crippen LogP contribution in [0.1, 0.15) is 0 Å². The molecule has 53 heavy (non-hydrogen) atoms. The van der Waals surface area contributed by atoms with E-state index in [0.29, 0.717) is 23.4 Å². The van der Waals surface area contributed by atoms with Crippen molar-refractivity contribution >= 4 is 64.4 Å². The number of benzene rings is 7. The fraction of sp³-hybridized carbons (Fsp3) is 0. The van der Waals surface area contributed by atoms with Gasteiger partial charge in [-0.25, -0.2) is 19.9 Å². The van der Waals surface area contributed by atoms with Crippen LogP contribution in [0.15, 0.2) is 168 Å². The van der Waals surface area contributed by atoms with E-state index in [9.17, 15) is 0 Å². The molecule has 0 saturated carbocycles. The number of fused-ring (bicyclic) bond motifs is 7. The third-order valence-corrected chi connectivity index (χ3v) is 11.1. The summed E-state index contributed by atoms with van der Waals surface area (Å²) in [5.41, 5.74) is 8.75. The molecule has 0 saturated heterocycles. The van der Waals surface area contributed by atoms with Crippen LogP contribution in [0, 0.1) is 0 Å². The molecule has 4 heterocycles. The molecule has 0 spiro atoms. The van der Waals surface area contributed by atoms with Crippen LogP contribution in [0.5, 0.6) is 0 Å². The molecule has 0 N–H and O–H groups in total. The topological polar surface area (TPSA) is 69.6 Å². The Bertz CT molecular complexity index is 3150. The number of hydrogen-bond donors (Lipinski definition) is 0. The molecular formula is C46H27N5OS. The molecule has 6 nitrogen and oxygen atoms in total. The maximum atomic E-state index is 6.14. The Kier molecular flexibility index (Phi) is 6.62. The first-order valence-electron chi connectivity index (χ1n) is 17.5. The van der Waals surface area contributed by atoms with Gasteiger partial charge in [0, 0.05) is 58.9 Å². The monoisotopic (exact) mass is 697 g/mol. The van der Waals surface area contributed by atoms with Crippen molar-refractivity contribution in [2.24, 2.45) is 0 Å². The van der Waals surface area contributed by atoms with Gasteiger partial charge >= 0.3 is 0 Å². The van der Waals surface area contributed by atoms with Crippen molar-refractivity contribution in [2.75, 3.05) is 0 Å². The summed E-state index contributed by atoms with van der Waals surface area (Å²) >= 11 is 1.75. The molecule has 4 aromatic heterocycles. The van der Waals surface area contributed by atoms with Gasteiger partial charge in [-0.05, 0) is 60.7 Å². The van der Waals surface area contributed by atoms with E-state index in [2.05, 4.69) is 120 Å². The second-order valence-corrected chi connectivity index (χ2v) is 14.1. The molecule has 0 fully saturated rings. The van der Waals surface area contributed by atoms with Crippen molar-refractivity contribution in [3.63, 3.8) is 0 Å². The molecule has 7 heteroatoms. The SMILES string of the molecule is c1ccc(-c2nc(-c3cccc4c3sc3ccc(-c5nc6ccccc6o5)cc34)nc(-c3cccc4c3c3ccccc3n4-c3ccccc3)n2)cc1. The number of rotatable bonds is 5. The highest BCUT2D eigenvalue weighted by molar-refractivity contribution is 7.26. The van der Waals surface area contributed by atoms with Crippen molar-refractivity contribution in [2.45, 2.75) is 0 Å². The number of thiophene rings is 1. The lowest BCUT2D eigenvalue weighted by molar-refractivity contribution is 0.620. The maximum absolute atomic E-state index is 6.14. The summed E-state index contributed by atoms with van der Waals surface area (Å²) in [5.74, 6) is 2.51. The van der Waals surface area contributed by atoms with E-state index in [1.54, 1.807) is 11.3 Å². The van der Waals surface area contributed by atoms with E-state index in [1.165, 1.54) is 4.70 Å². The molecule has 248 valence electrons. The molecule has 0 bridgehead atoms. The molecule has 0 atom stereocenters. The first-order chi connectivity index (χ1) is 26.3. The third-order valence-electron chi connectivity index (χ3n) is 9.90. The molecule has 11 rings (SSSR count). The second-order valence-electron chi connectivity index (χ2n) is 13.0. The average molecular weight is 698 g/mol. The number of nitrogens with zero attached hydrogens (tertiary/aromatic N) is 5. The van der Waals surface area contributed by atoms with Crippen LogP contribution in [0.4, 0.5) is 0 Å². The van der Waals surface area contributed by atoms with Gasteiger partial charge in [0.15, 0.2) is 23.1 Å². The maximum Gasteiger partial charge on any atom is 0.227 e. The fourth-order valence-corrected chi connectivity index (χ4v) is 8.69. The summed E-state index contributed by atoms with van der Waals surface area (Å²) < 4.78 is 10.8. The summed E-state index contributed by atoms with van der Waals surface area (Å²) in [6, 6.07) is 56.3. The van der Waals surface area contributed by atoms with E-state index in [4.69, 9.17) is 24.4 Å². The van der Waals surface area contributed by atoms with Crippen molar-refractivity contribution in [3.05, 3.63) is 164 Å². The Hall–Kier alpha value is -6.96. The quantitative estimate of drug-likeness (QED) is 0.179. The van der Waals surface area contributed by atoms with Crippen LogP contribution < -0.4 is 0 Å². The second kappa shape index (κ2) is 11.8. The largest absolute Gasteiger partial charge is 0.436 e. The van der Waals surface area contributed by atoms with Crippen LogP contribution in [0.2, 0.25) is 0 Å². The van der Waals surface area contributed by atoms with Crippen molar-refractivity contribution in [1.29, 1.82) is 0 Å². The molecule has 0 aliphatic rings. The average Bonchev–Trinajstić information content (AvgIpc) is 3.93. The predicted octanol–water partition coefficient (Wildman–Crippen LogP) is 12.1. The van der Waals surface area contributed by atoms with Crippen molar-refractivity contribution in [1.82, 2.24) is 24.5 Å². The minimum Gasteiger partial charge on any atom is -0.436 e. The fourth-order valence-electron chi connectivity index (χ4n) is 7.50. The predicted molar refractivity (Wildman–Crippen MR) is 216 cm³/mol. The van der Waals surface area contributed by atoms with Crippen LogP contribution >= 0.6 is 11.3 Å². The lowest BCUT2D eigenvalue weighted by Gasteiger charge is -2.11. The van der Waals surface area contributed by atoms with Crippen molar-refractivity contribution in [3.8, 4) is 51.3 Å². The highest BCUT2D eigenvalue weighted by Gasteiger charge is 2.21. The van der Waals surface area contributed by atoms with Crippen molar-refractivity contribution < 1.29 is 4.42 Å². The van der Waals surface area contributed by atoms with E-state index in [-0.39, 0.29) is 0 Å². The Morgan fingerprint density at radius 1 is 0.472 bits per heavy atom. The summed E-state index contributed by atoms with van der Waals surface area (Å²) in [5, 5.41) is 4.53.